The number of fused-ring (bicyclic) bond motifs is 1. The summed E-state index contributed by atoms with van der Waals surface area (Å²) in [6.07, 6.45) is 6.46. The Morgan fingerprint density at radius 3 is 2.93 bits per heavy atom. The Labute approximate surface area is 91.2 Å². The third kappa shape index (κ3) is 2.56. The van der Waals surface area contributed by atoms with Crippen LogP contribution in [-0.2, 0) is 6.42 Å². The number of unbranched alkanes of at least 4 members (excludes halogenated alkanes) is 2. The third-order valence-corrected chi connectivity index (χ3v) is 2.64. The van der Waals surface area contributed by atoms with Crippen LogP contribution in [0.2, 0.25) is 0 Å². The molecule has 0 aliphatic carbocycles. The van der Waals surface area contributed by atoms with Crippen molar-refractivity contribution in [2.75, 3.05) is 0 Å². The van der Waals surface area contributed by atoms with Crippen LogP contribution in [0.4, 0.5) is 0 Å². The number of pyridine rings is 1. The maximum absolute atomic E-state index is 4.36. The van der Waals surface area contributed by atoms with Crippen LogP contribution in [0.1, 0.15) is 24.8 Å². The van der Waals surface area contributed by atoms with Gasteiger partial charge in [0.05, 0.1) is 5.52 Å². The minimum atomic E-state index is 1.03. The van der Waals surface area contributed by atoms with Gasteiger partial charge in [-0.25, -0.2) is 0 Å². The van der Waals surface area contributed by atoms with Crippen molar-refractivity contribution < 1.29 is 0 Å². The molecule has 1 heteroatoms. The standard InChI is InChI=1S/C14H16N/c1-2-3-4-6-12-8-9-13-7-5-10-15-14(13)11-12/h5,7-11H,1-4,6H2. The van der Waals surface area contributed by atoms with Crippen LogP contribution >= 0.6 is 0 Å². The van der Waals surface area contributed by atoms with E-state index in [-0.39, 0.29) is 0 Å². The van der Waals surface area contributed by atoms with Crippen LogP contribution in [0.15, 0.2) is 36.5 Å². The van der Waals surface area contributed by atoms with Crippen molar-refractivity contribution in [3.05, 3.63) is 49.0 Å². The first-order valence-electron chi connectivity index (χ1n) is 5.53. The Hall–Kier alpha value is -1.37. The molecule has 0 atom stereocenters. The van der Waals surface area contributed by atoms with E-state index in [0.717, 1.165) is 18.4 Å². The molecule has 0 aliphatic heterocycles. The number of rotatable bonds is 4. The highest BCUT2D eigenvalue weighted by Crippen LogP contribution is 2.15. The molecule has 2 aromatic rings. The van der Waals surface area contributed by atoms with Crippen molar-refractivity contribution in [3.63, 3.8) is 0 Å². The zero-order valence-electron chi connectivity index (χ0n) is 8.95. The Balaban J connectivity index is 2.16. The summed E-state index contributed by atoms with van der Waals surface area (Å²) in [6.45, 7) is 3.85. The van der Waals surface area contributed by atoms with Crippen molar-refractivity contribution in [2.45, 2.75) is 25.7 Å². The lowest BCUT2D eigenvalue weighted by atomic mass is 10.1. The van der Waals surface area contributed by atoms with E-state index in [9.17, 15) is 0 Å². The molecule has 2 rings (SSSR count). The summed E-state index contributed by atoms with van der Waals surface area (Å²) >= 11 is 0. The third-order valence-electron chi connectivity index (χ3n) is 2.64. The maximum atomic E-state index is 4.36. The molecule has 1 aromatic carbocycles. The highest BCUT2D eigenvalue weighted by atomic mass is 14.6. The maximum Gasteiger partial charge on any atom is 0.0704 e. The van der Waals surface area contributed by atoms with Crippen LogP contribution in [-0.4, -0.2) is 4.98 Å². The van der Waals surface area contributed by atoms with Crippen molar-refractivity contribution in [3.8, 4) is 0 Å². The van der Waals surface area contributed by atoms with E-state index in [0.29, 0.717) is 0 Å². The first-order chi connectivity index (χ1) is 7.40. The second kappa shape index (κ2) is 4.92. The van der Waals surface area contributed by atoms with E-state index in [1.54, 1.807) is 0 Å². The van der Waals surface area contributed by atoms with Gasteiger partial charge in [0.25, 0.3) is 0 Å². The SMILES string of the molecule is [CH2]CCCCc1ccc2cccnc2c1. The van der Waals surface area contributed by atoms with Crippen molar-refractivity contribution in [1.82, 2.24) is 4.98 Å². The summed E-state index contributed by atoms with van der Waals surface area (Å²) in [6, 6.07) is 10.6. The molecular weight excluding hydrogens is 182 g/mol. The average Bonchev–Trinajstić information content (AvgIpc) is 2.29. The molecule has 1 heterocycles. The molecule has 1 nitrogen and oxygen atoms in total. The monoisotopic (exact) mass is 198 g/mol. The number of aryl methyl sites for hydroxylation is 1. The fourth-order valence-electron chi connectivity index (χ4n) is 1.77. The van der Waals surface area contributed by atoms with Gasteiger partial charge in [0.2, 0.25) is 0 Å². The first-order valence-corrected chi connectivity index (χ1v) is 5.53. The minimum Gasteiger partial charge on any atom is -0.256 e. The molecular formula is C14H16N. The van der Waals surface area contributed by atoms with E-state index < -0.39 is 0 Å². The Morgan fingerprint density at radius 1 is 1.13 bits per heavy atom. The molecule has 15 heavy (non-hydrogen) atoms. The quantitative estimate of drug-likeness (QED) is 0.681. The van der Waals surface area contributed by atoms with E-state index >= 15 is 0 Å². The molecule has 0 spiro atoms. The van der Waals surface area contributed by atoms with Crippen LogP contribution < -0.4 is 0 Å². The lowest BCUT2D eigenvalue weighted by molar-refractivity contribution is 0.746. The number of hydrogen-bond donors (Lipinski definition) is 0. The van der Waals surface area contributed by atoms with Crippen LogP contribution in [0.3, 0.4) is 0 Å². The topological polar surface area (TPSA) is 12.9 Å². The average molecular weight is 198 g/mol. The summed E-state index contributed by atoms with van der Waals surface area (Å²) in [4.78, 5) is 4.36. The lowest BCUT2D eigenvalue weighted by Gasteiger charge is -2.02. The summed E-state index contributed by atoms with van der Waals surface area (Å²) in [5.41, 5.74) is 2.49. The summed E-state index contributed by atoms with van der Waals surface area (Å²) in [5, 5.41) is 1.22. The van der Waals surface area contributed by atoms with Crippen LogP contribution in [0.5, 0.6) is 0 Å². The van der Waals surface area contributed by atoms with Crippen LogP contribution in [0, 0.1) is 6.92 Å². The predicted molar refractivity (Wildman–Crippen MR) is 64.7 cm³/mol. The molecule has 0 unspecified atom stereocenters. The van der Waals surface area contributed by atoms with Crippen LogP contribution in [0.25, 0.3) is 10.9 Å². The molecule has 1 aromatic heterocycles. The molecule has 0 fully saturated rings. The summed E-state index contributed by atoms with van der Waals surface area (Å²) < 4.78 is 0. The van der Waals surface area contributed by atoms with Gasteiger partial charge in [-0.05, 0) is 30.5 Å². The Bertz CT molecular complexity index is 434. The molecule has 0 bridgehead atoms. The summed E-state index contributed by atoms with van der Waals surface area (Å²) in [5.74, 6) is 0. The second-order valence-electron chi connectivity index (χ2n) is 3.84. The summed E-state index contributed by atoms with van der Waals surface area (Å²) in [7, 11) is 0. The molecule has 0 saturated carbocycles. The number of nitrogens with zero attached hydrogens (tertiary/aromatic N) is 1. The Kier molecular flexibility index (Phi) is 3.33. The van der Waals surface area contributed by atoms with Gasteiger partial charge in [-0.15, -0.1) is 0 Å². The van der Waals surface area contributed by atoms with Crippen molar-refractivity contribution in [1.29, 1.82) is 0 Å². The predicted octanol–water partition coefficient (Wildman–Crippen LogP) is 3.78. The van der Waals surface area contributed by atoms with E-state index in [1.807, 2.05) is 12.3 Å². The van der Waals surface area contributed by atoms with Gasteiger partial charge < -0.3 is 0 Å². The normalized spacial score (nSPS) is 10.7. The van der Waals surface area contributed by atoms with Gasteiger partial charge in [0, 0.05) is 11.6 Å². The number of aromatic nitrogens is 1. The fourth-order valence-corrected chi connectivity index (χ4v) is 1.77. The first kappa shape index (κ1) is 10.2. The fraction of sp³-hybridized carbons (Fsp3) is 0.286. The van der Waals surface area contributed by atoms with Crippen molar-refractivity contribution in [2.24, 2.45) is 0 Å². The minimum absolute atomic E-state index is 1.03. The zero-order chi connectivity index (χ0) is 10.5. The Morgan fingerprint density at radius 2 is 2.07 bits per heavy atom. The largest absolute Gasteiger partial charge is 0.256 e. The highest BCUT2D eigenvalue weighted by Gasteiger charge is 1.96. The number of hydrogen-bond acceptors (Lipinski definition) is 1. The van der Waals surface area contributed by atoms with Gasteiger partial charge in [-0.2, -0.15) is 0 Å². The van der Waals surface area contributed by atoms with E-state index in [4.69, 9.17) is 0 Å². The van der Waals surface area contributed by atoms with Gasteiger partial charge in [0.1, 0.15) is 0 Å². The van der Waals surface area contributed by atoms with Crippen molar-refractivity contribution >= 4 is 10.9 Å². The molecule has 0 aliphatic rings. The van der Waals surface area contributed by atoms with Gasteiger partial charge >= 0.3 is 0 Å². The highest BCUT2D eigenvalue weighted by molar-refractivity contribution is 5.78. The molecule has 77 valence electrons. The molecule has 0 amide bonds. The smallest absolute Gasteiger partial charge is 0.0704 e. The van der Waals surface area contributed by atoms with E-state index in [1.165, 1.54) is 23.8 Å². The van der Waals surface area contributed by atoms with Gasteiger partial charge in [-0.3, -0.25) is 4.98 Å². The van der Waals surface area contributed by atoms with Gasteiger partial charge in [0.15, 0.2) is 0 Å². The number of benzene rings is 1. The zero-order valence-corrected chi connectivity index (χ0v) is 8.95. The molecule has 0 N–H and O–H groups in total. The lowest BCUT2D eigenvalue weighted by Crippen LogP contribution is -1.86. The molecule has 1 radical (unpaired) electrons. The van der Waals surface area contributed by atoms with Gasteiger partial charge in [-0.1, -0.05) is 38.0 Å². The second-order valence-corrected chi connectivity index (χ2v) is 3.84. The molecule has 0 saturated heterocycles. The van der Waals surface area contributed by atoms with E-state index in [2.05, 4.69) is 36.2 Å².